The van der Waals surface area contributed by atoms with Gasteiger partial charge in [0.2, 0.25) is 10.0 Å². The second kappa shape index (κ2) is 4.98. The molecule has 3 nitrogen and oxygen atoms in total. The largest absolute Gasteiger partial charge is 0.416 e. The van der Waals surface area contributed by atoms with E-state index in [1.165, 1.54) is 6.07 Å². The minimum absolute atomic E-state index is 0.121. The summed E-state index contributed by atoms with van der Waals surface area (Å²) in [5.74, 6) is 0.691. The lowest BCUT2D eigenvalue weighted by Gasteiger charge is -2.18. The highest BCUT2D eigenvalue weighted by Gasteiger charge is 2.43. The van der Waals surface area contributed by atoms with Crippen LogP contribution in [0.1, 0.15) is 31.2 Å². The van der Waals surface area contributed by atoms with Crippen LogP contribution < -0.4 is 4.72 Å². The van der Waals surface area contributed by atoms with E-state index in [0.29, 0.717) is 17.9 Å². The van der Waals surface area contributed by atoms with Crippen LogP contribution in [0.3, 0.4) is 0 Å². The Hall–Kier alpha value is -1.08. The molecule has 0 spiro atoms. The molecule has 7 heteroatoms. The van der Waals surface area contributed by atoms with E-state index in [4.69, 9.17) is 0 Å². The number of sulfonamides is 1. The van der Waals surface area contributed by atoms with Gasteiger partial charge >= 0.3 is 6.18 Å². The van der Waals surface area contributed by atoms with Gasteiger partial charge in [0.25, 0.3) is 0 Å². The van der Waals surface area contributed by atoms with Crippen LogP contribution in [0, 0.1) is 11.8 Å². The van der Waals surface area contributed by atoms with Gasteiger partial charge in [-0.15, -0.1) is 0 Å². The SMILES string of the molecule is O=S(=O)(NC(C1CC1)C1CC1)c1cccc(C(F)(F)F)c1. The molecule has 0 radical (unpaired) electrons. The van der Waals surface area contributed by atoms with Crippen molar-refractivity contribution in [1.82, 2.24) is 4.72 Å². The molecular formula is C14H16F3NO2S. The number of alkyl halides is 3. The Bertz CT molecular complexity index is 622. The summed E-state index contributed by atoms with van der Waals surface area (Å²) in [7, 11) is -3.90. The van der Waals surface area contributed by atoms with Crippen LogP contribution in [0.25, 0.3) is 0 Å². The lowest BCUT2D eigenvalue weighted by Crippen LogP contribution is -2.38. The van der Waals surface area contributed by atoms with Gasteiger partial charge in [-0.25, -0.2) is 13.1 Å². The number of halogens is 3. The molecule has 2 aliphatic rings. The van der Waals surface area contributed by atoms with Gasteiger partial charge in [-0.3, -0.25) is 0 Å². The summed E-state index contributed by atoms with van der Waals surface area (Å²) in [6.45, 7) is 0. The lowest BCUT2D eigenvalue weighted by atomic mass is 10.1. The Morgan fingerprint density at radius 1 is 1.10 bits per heavy atom. The van der Waals surface area contributed by atoms with Gasteiger partial charge < -0.3 is 0 Å². The van der Waals surface area contributed by atoms with E-state index >= 15 is 0 Å². The van der Waals surface area contributed by atoms with E-state index in [0.717, 1.165) is 37.8 Å². The highest BCUT2D eigenvalue weighted by atomic mass is 32.2. The highest BCUT2D eigenvalue weighted by Crippen LogP contribution is 2.45. The normalized spacial score (nSPS) is 20.0. The Morgan fingerprint density at radius 3 is 2.14 bits per heavy atom. The average molecular weight is 319 g/mol. The third-order valence-corrected chi connectivity index (χ3v) is 5.48. The zero-order chi connectivity index (χ0) is 15.3. The smallest absolute Gasteiger partial charge is 0.208 e. The van der Waals surface area contributed by atoms with Gasteiger partial charge in [0.05, 0.1) is 10.5 Å². The zero-order valence-electron chi connectivity index (χ0n) is 11.2. The van der Waals surface area contributed by atoms with Crippen molar-refractivity contribution in [2.75, 3.05) is 0 Å². The molecule has 0 heterocycles. The molecule has 0 aliphatic heterocycles. The van der Waals surface area contributed by atoms with Gasteiger partial charge in [0.15, 0.2) is 0 Å². The van der Waals surface area contributed by atoms with Gasteiger partial charge in [0, 0.05) is 6.04 Å². The fraction of sp³-hybridized carbons (Fsp3) is 0.571. The van der Waals surface area contributed by atoms with Gasteiger partial charge in [0.1, 0.15) is 0 Å². The molecule has 0 unspecified atom stereocenters. The van der Waals surface area contributed by atoms with E-state index in [-0.39, 0.29) is 10.9 Å². The first-order chi connectivity index (χ1) is 9.77. The van der Waals surface area contributed by atoms with Crippen molar-refractivity contribution in [2.24, 2.45) is 11.8 Å². The quantitative estimate of drug-likeness (QED) is 0.906. The van der Waals surface area contributed by atoms with E-state index in [1.807, 2.05) is 0 Å². The van der Waals surface area contributed by atoms with Crippen molar-refractivity contribution in [2.45, 2.75) is 42.8 Å². The molecule has 1 aromatic rings. The summed E-state index contributed by atoms with van der Waals surface area (Å²) < 4.78 is 65.3. The van der Waals surface area contributed by atoms with Crippen LogP contribution >= 0.6 is 0 Å². The first-order valence-corrected chi connectivity index (χ1v) is 8.45. The lowest BCUT2D eigenvalue weighted by molar-refractivity contribution is -0.137. The monoisotopic (exact) mass is 319 g/mol. The van der Waals surface area contributed by atoms with Crippen molar-refractivity contribution in [1.29, 1.82) is 0 Å². The molecule has 2 aliphatic carbocycles. The third-order valence-electron chi connectivity index (χ3n) is 4.02. The molecule has 21 heavy (non-hydrogen) atoms. The van der Waals surface area contributed by atoms with E-state index in [2.05, 4.69) is 4.72 Å². The molecule has 3 rings (SSSR count). The topological polar surface area (TPSA) is 46.2 Å². The Balaban J connectivity index is 1.84. The molecule has 0 aromatic heterocycles. The Labute approximate surface area is 121 Å². The van der Waals surface area contributed by atoms with Crippen molar-refractivity contribution < 1.29 is 21.6 Å². The number of hydrogen-bond acceptors (Lipinski definition) is 2. The fourth-order valence-electron chi connectivity index (χ4n) is 2.57. The van der Waals surface area contributed by atoms with Gasteiger partial charge in [-0.1, -0.05) is 6.07 Å². The zero-order valence-corrected chi connectivity index (χ0v) is 12.0. The highest BCUT2D eigenvalue weighted by molar-refractivity contribution is 7.89. The number of hydrogen-bond donors (Lipinski definition) is 1. The van der Waals surface area contributed by atoms with E-state index in [9.17, 15) is 21.6 Å². The maximum Gasteiger partial charge on any atom is 0.416 e. The summed E-state index contributed by atoms with van der Waals surface area (Å²) in [6.07, 6.45) is -0.574. The van der Waals surface area contributed by atoms with Crippen LogP contribution in [0.4, 0.5) is 13.2 Å². The van der Waals surface area contributed by atoms with Gasteiger partial charge in [-0.05, 0) is 55.7 Å². The molecule has 0 bridgehead atoms. The summed E-state index contributed by atoms with van der Waals surface area (Å²) >= 11 is 0. The third kappa shape index (κ3) is 3.40. The molecule has 0 amide bonds. The molecule has 1 aromatic carbocycles. The van der Waals surface area contributed by atoms with Crippen molar-refractivity contribution in [3.63, 3.8) is 0 Å². The van der Waals surface area contributed by atoms with Crippen molar-refractivity contribution in [3.05, 3.63) is 29.8 Å². The molecule has 1 N–H and O–H groups in total. The average Bonchev–Trinajstić information content (AvgIpc) is 3.28. The standard InChI is InChI=1S/C14H16F3NO2S/c15-14(16,17)11-2-1-3-12(8-11)21(19,20)18-13(9-4-5-9)10-6-7-10/h1-3,8-10,13,18H,4-7H2. The van der Waals surface area contributed by atoms with Crippen molar-refractivity contribution in [3.8, 4) is 0 Å². The fourth-order valence-corrected chi connectivity index (χ4v) is 3.99. The second-order valence-corrected chi connectivity index (χ2v) is 7.56. The van der Waals surface area contributed by atoms with E-state index < -0.39 is 21.8 Å². The van der Waals surface area contributed by atoms with Crippen LogP contribution in [0.2, 0.25) is 0 Å². The Kier molecular flexibility index (Phi) is 3.52. The van der Waals surface area contributed by atoms with Crippen LogP contribution in [-0.4, -0.2) is 14.5 Å². The first-order valence-electron chi connectivity index (χ1n) is 6.97. The molecule has 0 saturated heterocycles. The van der Waals surface area contributed by atoms with Crippen molar-refractivity contribution >= 4 is 10.0 Å². The molecule has 116 valence electrons. The number of nitrogens with one attached hydrogen (secondary N) is 1. The summed E-state index contributed by atoms with van der Waals surface area (Å²) in [4.78, 5) is -0.316. The second-order valence-electron chi connectivity index (χ2n) is 5.85. The number of rotatable bonds is 5. The summed E-state index contributed by atoms with van der Waals surface area (Å²) in [5, 5.41) is 0. The number of benzene rings is 1. The minimum atomic E-state index is -4.54. The summed E-state index contributed by atoms with van der Waals surface area (Å²) in [5.41, 5.74) is -0.945. The predicted octanol–water partition coefficient (Wildman–Crippen LogP) is 3.17. The minimum Gasteiger partial charge on any atom is -0.208 e. The Morgan fingerprint density at radius 2 is 1.67 bits per heavy atom. The van der Waals surface area contributed by atoms with Crippen LogP contribution in [0.15, 0.2) is 29.2 Å². The predicted molar refractivity (Wildman–Crippen MR) is 71.0 cm³/mol. The van der Waals surface area contributed by atoms with Crippen LogP contribution in [-0.2, 0) is 16.2 Å². The molecular weight excluding hydrogens is 303 g/mol. The molecule has 2 fully saturated rings. The van der Waals surface area contributed by atoms with Crippen LogP contribution in [0.5, 0.6) is 0 Å². The molecule has 0 atom stereocenters. The maximum atomic E-state index is 12.7. The first kappa shape index (κ1) is 14.8. The molecule has 2 saturated carbocycles. The maximum absolute atomic E-state index is 12.7. The van der Waals surface area contributed by atoms with E-state index in [1.54, 1.807) is 0 Å². The van der Waals surface area contributed by atoms with Gasteiger partial charge in [-0.2, -0.15) is 13.2 Å². The summed E-state index contributed by atoms with van der Waals surface area (Å²) in [6, 6.07) is 3.77.